The molecule has 1 aromatic rings. The van der Waals surface area contributed by atoms with E-state index in [0.717, 1.165) is 4.31 Å². The number of rotatable bonds is 4. The largest absolute Gasteiger partial charge is 0.352 e. The number of nitrogens with two attached hydrogens (primary N) is 1. The van der Waals surface area contributed by atoms with Crippen LogP contribution in [0.4, 0.5) is 18.0 Å². The molecule has 0 spiro atoms. The third-order valence-corrected chi connectivity index (χ3v) is 5.54. The zero-order chi connectivity index (χ0) is 18.8. The Morgan fingerprint density at radius 2 is 1.68 bits per heavy atom. The van der Waals surface area contributed by atoms with Gasteiger partial charge in [0.05, 0.1) is 6.54 Å². The van der Waals surface area contributed by atoms with Crippen LogP contribution in [0.5, 0.6) is 0 Å². The summed E-state index contributed by atoms with van der Waals surface area (Å²) in [5, 5.41) is 2.12. The number of nitrogens with zero attached hydrogens (tertiary/aromatic N) is 2. The van der Waals surface area contributed by atoms with Gasteiger partial charge in [0.2, 0.25) is 15.9 Å². The lowest BCUT2D eigenvalue weighted by Crippen LogP contribution is -2.52. The third kappa shape index (κ3) is 4.02. The fraction of sp³-hybridized carbons (Fsp3) is 0.385. The lowest BCUT2D eigenvalue weighted by atomic mass is 10.3. The van der Waals surface area contributed by atoms with E-state index in [1.165, 1.54) is 4.90 Å². The quantitative estimate of drug-likeness (QED) is 0.693. The number of piperazine rings is 1. The Bertz CT molecular complexity index is 795. The van der Waals surface area contributed by atoms with Crippen molar-refractivity contribution in [1.82, 2.24) is 14.5 Å². The number of hydrogen-bond donors (Lipinski definition) is 2. The molecule has 1 fully saturated rings. The molecule has 1 aromatic carbocycles. The fourth-order valence-corrected chi connectivity index (χ4v) is 3.78. The molecule has 0 radical (unpaired) electrons. The number of nitrogens with one attached hydrogen (secondary N) is 1. The molecule has 0 atom stereocenters. The summed E-state index contributed by atoms with van der Waals surface area (Å²) in [5.74, 6) is -5.61. The topological polar surface area (TPSA) is 113 Å². The zero-order valence-electron chi connectivity index (χ0n) is 12.8. The van der Waals surface area contributed by atoms with Gasteiger partial charge in [0.25, 0.3) is 0 Å². The maximum atomic E-state index is 13.8. The maximum absolute atomic E-state index is 13.8. The second kappa shape index (κ2) is 7.27. The number of carbonyl (C=O) groups excluding carboxylic acids is 2. The van der Waals surface area contributed by atoms with Gasteiger partial charge in [0, 0.05) is 26.2 Å². The summed E-state index contributed by atoms with van der Waals surface area (Å²) in [4.78, 5) is 22.7. The molecule has 1 heterocycles. The first-order chi connectivity index (χ1) is 11.6. The SMILES string of the molecule is NC(=O)NCC(=O)N1CCN(S(=O)(=O)c2ccc(F)c(F)c2F)CC1. The normalized spacial score (nSPS) is 15.9. The van der Waals surface area contributed by atoms with Crippen molar-refractivity contribution in [3.05, 3.63) is 29.6 Å². The fourth-order valence-electron chi connectivity index (χ4n) is 2.30. The molecule has 25 heavy (non-hydrogen) atoms. The number of urea groups is 1. The highest BCUT2D eigenvalue weighted by atomic mass is 32.2. The van der Waals surface area contributed by atoms with Crippen LogP contribution in [0, 0.1) is 17.5 Å². The van der Waals surface area contributed by atoms with E-state index in [9.17, 15) is 31.2 Å². The van der Waals surface area contributed by atoms with Gasteiger partial charge in [-0.2, -0.15) is 4.31 Å². The van der Waals surface area contributed by atoms with E-state index in [0.29, 0.717) is 12.1 Å². The van der Waals surface area contributed by atoms with Crippen LogP contribution < -0.4 is 11.1 Å². The third-order valence-electron chi connectivity index (χ3n) is 3.62. The minimum Gasteiger partial charge on any atom is -0.352 e. The van der Waals surface area contributed by atoms with Crippen LogP contribution >= 0.6 is 0 Å². The predicted octanol–water partition coefficient (Wildman–Crippen LogP) is -0.395. The predicted molar refractivity (Wildman–Crippen MR) is 79.2 cm³/mol. The van der Waals surface area contributed by atoms with Crippen LogP contribution in [-0.4, -0.2) is 62.3 Å². The smallest absolute Gasteiger partial charge is 0.312 e. The van der Waals surface area contributed by atoms with E-state index in [2.05, 4.69) is 5.32 Å². The van der Waals surface area contributed by atoms with Gasteiger partial charge in [-0.3, -0.25) is 4.79 Å². The Balaban J connectivity index is 2.08. The first kappa shape index (κ1) is 19.0. The minimum absolute atomic E-state index is 0.0101. The molecule has 0 aliphatic carbocycles. The zero-order valence-corrected chi connectivity index (χ0v) is 13.7. The molecule has 12 heteroatoms. The van der Waals surface area contributed by atoms with Crippen molar-refractivity contribution in [1.29, 1.82) is 0 Å². The van der Waals surface area contributed by atoms with Gasteiger partial charge in [-0.1, -0.05) is 0 Å². The number of hydrogen-bond acceptors (Lipinski definition) is 4. The molecule has 2 rings (SSSR count). The average molecular weight is 380 g/mol. The summed E-state index contributed by atoms with van der Waals surface area (Å²) >= 11 is 0. The summed E-state index contributed by atoms with van der Waals surface area (Å²) in [5.41, 5.74) is 4.85. The van der Waals surface area contributed by atoms with Crippen molar-refractivity contribution in [2.24, 2.45) is 5.73 Å². The molecule has 0 unspecified atom stereocenters. The second-order valence-electron chi connectivity index (χ2n) is 5.18. The van der Waals surface area contributed by atoms with Gasteiger partial charge < -0.3 is 16.0 Å². The van der Waals surface area contributed by atoms with Crippen molar-refractivity contribution >= 4 is 22.0 Å². The highest BCUT2D eigenvalue weighted by Gasteiger charge is 2.33. The number of halogens is 3. The lowest BCUT2D eigenvalue weighted by Gasteiger charge is -2.34. The maximum Gasteiger partial charge on any atom is 0.312 e. The van der Waals surface area contributed by atoms with E-state index in [4.69, 9.17) is 5.73 Å². The van der Waals surface area contributed by atoms with Gasteiger partial charge in [-0.15, -0.1) is 0 Å². The molecule has 1 aliphatic rings. The number of amides is 3. The van der Waals surface area contributed by atoms with Gasteiger partial charge >= 0.3 is 6.03 Å². The Morgan fingerprint density at radius 1 is 1.08 bits per heavy atom. The molecule has 1 aliphatic heterocycles. The molecule has 138 valence electrons. The summed E-state index contributed by atoms with van der Waals surface area (Å²) in [7, 11) is -4.38. The summed E-state index contributed by atoms with van der Waals surface area (Å²) in [6, 6.07) is 0.307. The van der Waals surface area contributed by atoms with E-state index >= 15 is 0 Å². The second-order valence-corrected chi connectivity index (χ2v) is 7.08. The van der Waals surface area contributed by atoms with Gasteiger partial charge in [0.1, 0.15) is 4.90 Å². The standard InChI is InChI=1S/C13H15F3N4O4S/c14-8-1-2-9(12(16)11(8)15)25(23,24)20-5-3-19(4-6-20)10(21)7-18-13(17)22/h1-2H,3-7H2,(H3,17,18,22). The Kier molecular flexibility index (Phi) is 5.52. The summed E-state index contributed by atoms with van der Waals surface area (Å²) in [6.07, 6.45) is 0. The monoisotopic (exact) mass is 380 g/mol. The van der Waals surface area contributed by atoms with Crippen LogP contribution in [0.3, 0.4) is 0 Å². The number of sulfonamides is 1. The van der Waals surface area contributed by atoms with Crippen LogP contribution in [0.25, 0.3) is 0 Å². The van der Waals surface area contributed by atoms with E-state index in [1.807, 2.05) is 0 Å². The van der Waals surface area contributed by atoms with Crippen molar-refractivity contribution in [3.63, 3.8) is 0 Å². The number of benzene rings is 1. The lowest BCUT2D eigenvalue weighted by molar-refractivity contribution is -0.131. The van der Waals surface area contributed by atoms with Gasteiger partial charge in [-0.05, 0) is 12.1 Å². The number of primary amides is 1. The van der Waals surface area contributed by atoms with Crippen LogP contribution in [0.1, 0.15) is 0 Å². The molecule has 0 aromatic heterocycles. The summed E-state index contributed by atoms with van der Waals surface area (Å²) in [6.45, 7) is -0.681. The van der Waals surface area contributed by atoms with Crippen LogP contribution in [-0.2, 0) is 14.8 Å². The molecule has 0 bridgehead atoms. The molecule has 3 amide bonds. The Hall–Kier alpha value is -2.34. The van der Waals surface area contributed by atoms with Crippen molar-refractivity contribution in [2.75, 3.05) is 32.7 Å². The van der Waals surface area contributed by atoms with Gasteiger partial charge in [-0.25, -0.2) is 26.4 Å². The highest BCUT2D eigenvalue weighted by molar-refractivity contribution is 7.89. The van der Waals surface area contributed by atoms with Crippen molar-refractivity contribution < 1.29 is 31.2 Å². The molecule has 3 N–H and O–H groups in total. The molecule has 0 saturated carbocycles. The van der Waals surface area contributed by atoms with Crippen LogP contribution in [0.15, 0.2) is 17.0 Å². The first-order valence-corrected chi connectivity index (χ1v) is 8.53. The van der Waals surface area contributed by atoms with E-state index < -0.39 is 44.3 Å². The molecule has 8 nitrogen and oxygen atoms in total. The van der Waals surface area contributed by atoms with E-state index in [1.54, 1.807) is 0 Å². The highest BCUT2D eigenvalue weighted by Crippen LogP contribution is 2.23. The molecular weight excluding hydrogens is 365 g/mol. The van der Waals surface area contributed by atoms with Crippen LogP contribution in [0.2, 0.25) is 0 Å². The Morgan fingerprint density at radius 3 is 2.24 bits per heavy atom. The van der Waals surface area contributed by atoms with Crippen molar-refractivity contribution in [2.45, 2.75) is 4.90 Å². The Labute approximate surface area is 141 Å². The summed E-state index contributed by atoms with van der Waals surface area (Å²) < 4.78 is 65.6. The number of carbonyl (C=O) groups is 2. The minimum atomic E-state index is -4.38. The average Bonchev–Trinajstić information content (AvgIpc) is 2.57. The molecule has 1 saturated heterocycles. The first-order valence-electron chi connectivity index (χ1n) is 7.09. The van der Waals surface area contributed by atoms with Crippen molar-refractivity contribution in [3.8, 4) is 0 Å². The van der Waals surface area contributed by atoms with Gasteiger partial charge in [0.15, 0.2) is 17.5 Å². The van der Waals surface area contributed by atoms with E-state index in [-0.39, 0.29) is 32.7 Å². The molecular formula is C13H15F3N4O4S.